The van der Waals surface area contributed by atoms with Crippen LogP contribution < -0.4 is 0 Å². The molecule has 1 aliphatic carbocycles. The van der Waals surface area contributed by atoms with E-state index < -0.39 is 12.0 Å². The van der Waals surface area contributed by atoms with Crippen LogP contribution in [-0.4, -0.2) is 23.3 Å². The summed E-state index contributed by atoms with van der Waals surface area (Å²) in [6.07, 6.45) is 1.10. The molecule has 1 unspecified atom stereocenters. The third kappa shape index (κ3) is 4.91. The van der Waals surface area contributed by atoms with Gasteiger partial charge >= 0.3 is 5.97 Å². The molecule has 0 amide bonds. The number of ether oxygens (including phenoxy) is 2. The lowest BCUT2D eigenvalue weighted by Gasteiger charge is -2.33. The van der Waals surface area contributed by atoms with Crippen LogP contribution in [0.5, 0.6) is 0 Å². The molecule has 1 N–H and O–H groups in total. The van der Waals surface area contributed by atoms with Gasteiger partial charge in [-0.05, 0) is 30.4 Å². The van der Waals surface area contributed by atoms with Crippen LogP contribution in [0.4, 0.5) is 0 Å². The molecule has 2 aromatic rings. The van der Waals surface area contributed by atoms with Crippen LogP contribution >= 0.6 is 0 Å². The number of hydrogen-bond acceptors (Lipinski definition) is 4. The van der Waals surface area contributed by atoms with Gasteiger partial charge in [0.25, 0.3) is 0 Å². The molecule has 0 aromatic heterocycles. The monoisotopic (exact) mass is 340 g/mol. The van der Waals surface area contributed by atoms with Crippen LogP contribution in [0.1, 0.15) is 30.4 Å². The van der Waals surface area contributed by atoms with E-state index in [0.29, 0.717) is 13.0 Å². The Morgan fingerprint density at radius 2 is 1.52 bits per heavy atom. The fourth-order valence-electron chi connectivity index (χ4n) is 3.19. The van der Waals surface area contributed by atoms with Gasteiger partial charge in [0.1, 0.15) is 6.61 Å². The van der Waals surface area contributed by atoms with Crippen LogP contribution in [-0.2, 0) is 27.5 Å². The van der Waals surface area contributed by atoms with Gasteiger partial charge in [-0.3, -0.25) is 4.79 Å². The molecule has 1 fully saturated rings. The summed E-state index contributed by atoms with van der Waals surface area (Å²) in [5.74, 6) is -0.859. The van der Waals surface area contributed by atoms with Crippen molar-refractivity contribution in [1.29, 1.82) is 0 Å². The first kappa shape index (κ1) is 17.6. The molecular formula is C21H24O4. The highest BCUT2D eigenvalue weighted by Gasteiger charge is 2.37. The number of carbonyl (C=O) groups is 1. The van der Waals surface area contributed by atoms with Crippen molar-refractivity contribution in [3.63, 3.8) is 0 Å². The predicted octanol–water partition coefficient (Wildman–Crippen LogP) is 3.48. The van der Waals surface area contributed by atoms with Gasteiger partial charge in [0.2, 0.25) is 0 Å². The Hall–Kier alpha value is -2.17. The van der Waals surface area contributed by atoms with Gasteiger partial charge in [0, 0.05) is 0 Å². The van der Waals surface area contributed by atoms with E-state index in [0.717, 1.165) is 24.0 Å². The molecular weight excluding hydrogens is 316 g/mol. The van der Waals surface area contributed by atoms with Crippen molar-refractivity contribution >= 4 is 5.97 Å². The van der Waals surface area contributed by atoms with E-state index in [1.54, 1.807) is 0 Å². The lowest BCUT2D eigenvalue weighted by Crippen LogP contribution is -2.43. The Morgan fingerprint density at radius 1 is 0.920 bits per heavy atom. The first-order valence-corrected chi connectivity index (χ1v) is 8.78. The van der Waals surface area contributed by atoms with Crippen molar-refractivity contribution in [2.75, 3.05) is 0 Å². The molecule has 4 nitrogen and oxygen atoms in total. The predicted molar refractivity (Wildman–Crippen MR) is 94.6 cm³/mol. The molecule has 3 atom stereocenters. The van der Waals surface area contributed by atoms with Gasteiger partial charge in [-0.1, -0.05) is 60.7 Å². The Morgan fingerprint density at radius 3 is 2.16 bits per heavy atom. The number of rotatable bonds is 6. The minimum atomic E-state index is -0.819. The summed E-state index contributed by atoms with van der Waals surface area (Å²) >= 11 is 0. The van der Waals surface area contributed by atoms with E-state index in [2.05, 4.69) is 0 Å². The second kappa shape index (κ2) is 8.79. The summed E-state index contributed by atoms with van der Waals surface area (Å²) in [6, 6.07) is 19.4. The van der Waals surface area contributed by atoms with Crippen molar-refractivity contribution in [3.05, 3.63) is 71.8 Å². The first-order valence-electron chi connectivity index (χ1n) is 8.78. The van der Waals surface area contributed by atoms with Crippen molar-refractivity contribution in [3.8, 4) is 0 Å². The maximum Gasteiger partial charge on any atom is 0.312 e. The quantitative estimate of drug-likeness (QED) is 0.818. The van der Waals surface area contributed by atoms with Crippen LogP contribution in [0.15, 0.2) is 60.7 Å². The smallest absolute Gasteiger partial charge is 0.312 e. The van der Waals surface area contributed by atoms with Crippen molar-refractivity contribution in [2.45, 2.75) is 44.7 Å². The van der Waals surface area contributed by atoms with Gasteiger partial charge in [-0.25, -0.2) is 0 Å². The van der Waals surface area contributed by atoms with E-state index in [4.69, 9.17) is 9.47 Å². The van der Waals surface area contributed by atoms with Gasteiger partial charge < -0.3 is 14.6 Å². The second-order valence-corrected chi connectivity index (χ2v) is 6.46. The minimum Gasteiger partial charge on any atom is -0.461 e. The highest BCUT2D eigenvalue weighted by molar-refractivity contribution is 5.73. The van der Waals surface area contributed by atoms with Gasteiger partial charge in [-0.2, -0.15) is 0 Å². The van der Waals surface area contributed by atoms with Crippen molar-refractivity contribution < 1.29 is 19.4 Å². The van der Waals surface area contributed by atoms with Crippen molar-refractivity contribution in [2.24, 2.45) is 5.92 Å². The standard InChI is InChI=1S/C21H24O4/c22-20-18(21(23)25-15-17-10-5-2-6-11-17)12-7-13-19(20)24-14-16-8-3-1-4-9-16/h1-6,8-11,18-20,22H,7,12-15H2/t18?,19-,20+/m1/s1. The molecule has 4 heteroatoms. The Bertz CT molecular complexity index is 656. The fraction of sp³-hybridized carbons (Fsp3) is 0.381. The maximum atomic E-state index is 12.4. The van der Waals surface area contributed by atoms with E-state index in [1.165, 1.54) is 0 Å². The van der Waals surface area contributed by atoms with E-state index in [1.807, 2.05) is 60.7 Å². The number of aliphatic hydroxyl groups excluding tert-OH is 1. The molecule has 0 bridgehead atoms. The molecule has 0 radical (unpaired) electrons. The highest BCUT2D eigenvalue weighted by atomic mass is 16.5. The first-order chi connectivity index (χ1) is 12.2. The zero-order chi connectivity index (χ0) is 17.5. The average Bonchev–Trinajstić information content (AvgIpc) is 2.67. The fourth-order valence-corrected chi connectivity index (χ4v) is 3.19. The van der Waals surface area contributed by atoms with Gasteiger partial charge in [-0.15, -0.1) is 0 Å². The van der Waals surface area contributed by atoms with Crippen LogP contribution in [0, 0.1) is 5.92 Å². The molecule has 2 aromatic carbocycles. The molecule has 132 valence electrons. The summed E-state index contributed by atoms with van der Waals surface area (Å²) in [4.78, 5) is 12.4. The highest BCUT2D eigenvalue weighted by Crippen LogP contribution is 2.29. The van der Waals surface area contributed by atoms with Crippen LogP contribution in [0.25, 0.3) is 0 Å². The summed E-state index contributed by atoms with van der Waals surface area (Å²) in [6.45, 7) is 0.673. The molecule has 1 saturated carbocycles. The molecule has 25 heavy (non-hydrogen) atoms. The normalized spacial score (nSPS) is 23.2. The van der Waals surface area contributed by atoms with E-state index in [9.17, 15) is 9.90 Å². The zero-order valence-electron chi connectivity index (χ0n) is 14.2. The van der Waals surface area contributed by atoms with Crippen molar-refractivity contribution in [1.82, 2.24) is 0 Å². The minimum absolute atomic E-state index is 0.235. The number of hydrogen-bond donors (Lipinski definition) is 1. The molecule has 0 saturated heterocycles. The topological polar surface area (TPSA) is 55.8 Å². The summed E-state index contributed by atoms with van der Waals surface area (Å²) in [5.41, 5.74) is 2.00. The van der Waals surface area contributed by atoms with Gasteiger partial charge in [0.05, 0.1) is 24.7 Å². The SMILES string of the molecule is O=C(OCc1ccccc1)C1CCC[C@@H](OCc2ccccc2)[C@H]1O. The van der Waals surface area contributed by atoms with Gasteiger partial charge in [0.15, 0.2) is 0 Å². The molecule has 0 aliphatic heterocycles. The lowest BCUT2D eigenvalue weighted by molar-refractivity contribution is -0.164. The van der Waals surface area contributed by atoms with E-state index >= 15 is 0 Å². The summed E-state index contributed by atoms with van der Waals surface area (Å²) in [5, 5.41) is 10.5. The lowest BCUT2D eigenvalue weighted by atomic mass is 9.84. The van der Waals surface area contributed by atoms with Crippen LogP contribution in [0.3, 0.4) is 0 Å². The Labute approximate surface area is 148 Å². The molecule has 3 rings (SSSR count). The molecule has 0 spiro atoms. The second-order valence-electron chi connectivity index (χ2n) is 6.46. The maximum absolute atomic E-state index is 12.4. The number of benzene rings is 2. The average molecular weight is 340 g/mol. The Kier molecular flexibility index (Phi) is 6.20. The third-order valence-electron chi connectivity index (χ3n) is 4.63. The number of carbonyl (C=O) groups excluding carboxylic acids is 1. The zero-order valence-corrected chi connectivity index (χ0v) is 14.2. The van der Waals surface area contributed by atoms with Crippen LogP contribution in [0.2, 0.25) is 0 Å². The largest absolute Gasteiger partial charge is 0.461 e. The Balaban J connectivity index is 1.52. The summed E-state index contributed by atoms with van der Waals surface area (Å²) in [7, 11) is 0. The molecule has 0 heterocycles. The number of esters is 1. The molecule has 1 aliphatic rings. The number of aliphatic hydroxyl groups is 1. The summed E-state index contributed by atoms with van der Waals surface area (Å²) < 4.78 is 11.3. The third-order valence-corrected chi connectivity index (χ3v) is 4.63. The van der Waals surface area contributed by atoms with E-state index in [-0.39, 0.29) is 18.7 Å².